The van der Waals surface area contributed by atoms with Gasteiger partial charge in [0.25, 0.3) is 0 Å². The highest BCUT2D eigenvalue weighted by Gasteiger charge is 2.18. The number of amides is 1. The summed E-state index contributed by atoms with van der Waals surface area (Å²) < 4.78 is 5.47. The van der Waals surface area contributed by atoms with E-state index in [1.54, 1.807) is 6.08 Å². The maximum atomic E-state index is 12.4. The van der Waals surface area contributed by atoms with Crippen molar-refractivity contribution in [2.45, 2.75) is 302 Å². The number of esters is 1. The van der Waals surface area contributed by atoms with Crippen LogP contribution in [0.2, 0.25) is 0 Å². The summed E-state index contributed by atoms with van der Waals surface area (Å²) in [5.74, 6) is -0.0731. The van der Waals surface area contributed by atoms with Crippen LogP contribution in [0.4, 0.5) is 0 Å². The van der Waals surface area contributed by atoms with E-state index in [1.807, 2.05) is 6.08 Å². The Balaban J connectivity index is 3.38. The second kappa shape index (κ2) is 51.0. The molecule has 0 fully saturated rings. The second-order valence-electron chi connectivity index (χ2n) is 18.6. The molecule has 0 aliphatic rings. The molecule has 2 atom stereocenters. The Kier molecular flexibility index (Phi) is 49.6. The maximum Gasteiger partial charge on any atom is 0.305 e. The monoisotopic (exact) mass is 860 g/mol. The Morgan fingerprint density at radius 1 is 0.443 bits per heavy atom. The molecule has 0 aliphatic carbocycles. The van der Waals surface area contributed by atoms with Crippen molar-refractivity contribution in [3.8, 4) is 0 Å². The fourth-order valence-electron chi connectivity index (χ4n) is 8.27. The van der Waals surface area contributed by atoms with Gasteiger partial charge in [0, 0.05) is 12.8 Å². The first-order chi connectivity index (χ1) is 30.0. The van der Waals surface area contributed by atoms with Gasteiger partial charge >= 0.3 is 5.97 Å². The molecular weight excluding hydrogens is 755 g/mol. The van der Waals surface area contributed by atoms with Gasteiger partial charge in [-0.3, -0.25) is 9.59 Å². The first-order valence-electron chi connectivity index (χ1n) is 27.1. The van der Waals surface area contributed by atoms with E-state index in [9.17, 15) is 19.8 Å². The van der Waals surface area contributed by atoms with Gasteiger partial charge < -0.3 is 20.3 Å². The van der Waals surface area contributed by atoms with E-state index in [0.717, 1.165) is 44.9 Å². The molecule has 0 aromatic carbocycles. The molecule has 0 radical (unpaired) electrons. The topological polar surface area (TPSA) is 95.9 Å². The molecule has 3 N–H and O–H groups in total. The molecule has 0 bridgehead atoms. The highest BCUT2D eigenvalue weighted by molar-refractivity contribution is 5.76. The van der Waals surface area contributed by atoms with E-state index in [0.29, 0.717) is 19.4 Å². The van der Waals surface area contributed by atoms with Crippen molar-refractivity contribution in [1.82, 2.24) is 5.32 Å². The zero-order chi connectivity index (χ0) is 44.4. The number of aliphatic hydroxyl groups excluding tert-OH is 2. The van der Waals surface area contributed by atoms with Crippen LogP contribution in [0.1, 0.15) is 290 Å². The molecular formula is C55H105NO5. The molecule has 1 amide bonds. The molecule has 61 heavy (non-hydrogen) atoms. The van der Waals surface area contributed by atoms with E-state index in [2.05, 4.69) is 31.3 Å². The molecule has 0 saturated carbocycles. The van der Waals surface area contributed by atoms with E-state index >= 15 is 0 Å². The predicted molar refractivity (Wildman–Crippen MR) is 264 cm³/mol. The van der Waals surface area contributed by atoms with Gasteiger partial charge in [-0.05, 0) is 57.8 Å². The standard InChI is InChI=1S/C55H105NO5/c1-3-5-7-9-11-13-14-15-16-23-26-29-33-37-41-45-49-55(60)61-50-46-42-38-34-30-27-24-21-19-17-18-20-22-25-28-32-36-40-44-48-54(59)56-52(51-57)53(58)47-43-39-35-31-12-10-8-6-4-2/h16,23,43,47,52-53,57-58H,3-15,17-22,24-42,44-46,48-51H2,1-2H3,(H,56,59)/b23-16-,47-43+. The predicted octanol–water partition coefficient (Wildman–Crippen LogP) is 16.3. The molecule has 0 heterocycles. The summed E-state index contributed by atoms with van der Waals surface area (Å²) in [5, 5.41) is 22.9. The van der Waals surface area contributed by atoms with Crippen LogP contribution in [0.3, 0.4) is 0 Å². The minimum Gasteiger partial charge on any atom is -0.466 e. The van der Waals surface area contributed by atoms with Crippen molar-refractivity contribution >= 4 is 11.9 Å². The Hall–Kier alpha value is -1.66. The van der Waals surface area contributed by atoms with Gasteiger partial charge in [-0.25, -0.2) is 0 Å². The molecule has 6 heteroatoms. The van der Waals surface area contributed by atoms with E-state index in [4.69, 9.17) is 4.74 Å². The molecule has 0 rings (SSSR count). The normalized spacial score (nSPS) is 12.8. The smallest absolute Gasteiger partial charge is 0.305 e. The summed E-state index contributed by atoms with van der Waals surface area (Å²) in [7, 11) is 0. The largest absolute Gasteiger partial charge is 0.466 e. The molecule has 0 aromatic heterocycles. The molecule has 0 aliphatic heterocycles. The fourth-order valence-corrected chi connectivity index (χ4v) is 8.27. The van der Waals surface area contributed by atoms with Crippen LogP contribution in [0.25, 0.3) is 0 Å². The van der Waals surface area contributed by atoms with E-state index in [-0.39, 0.29) is 18.5 Å². The van der Waals surface area contributed by atoms with E-state index in [1.165, 1.54) is 218 Å². The van der Waals surface area contributed by atoms with Crippen LogP contribution < -0.4 is 5.32 Å². The third kappa shape index (κ3) is 47.7. The third-order valence-electron chi connectivity index (χ3n) is 12.5. The zero-order valence-electron chi connectivity index (χ0n) is 40.9. The Morgan fingerprint density at radius 2 is 0.770 bits per heavy atom. The highest BCUT2D eigenvalue weighted by atomic mass is 16.5. The van der Waals surface area contributed by atoms with Crippen LogP contribution >= 0.6 is 0 Å². The van der Waals surface area contributed by atoms with Crippen molar-refractivity contribution in [3.05, 3.63) is 24.3 Å². The number of carbonyl (C=O) groups is 2. The van der Waals surface area contributed by atoms with Gasteiger partial charge in [0.15, 0.2) is 0 Å². The fraction of sp³-hybridized carbons (Fsp3) is 0.891. The maximum absolute atomic E-state index is 12.4. The number of ether oxygens (including phenoxy) is 1. The van der Waals surface area contributed by atoms with Crippen molar-refractivity contribution in [2.75, 3.05) is 13.2 Å². The summed E-state index contributed by atoms with van der Waals surface area (Å²) in [6.07, 6.45) is 60.5. The zero-order valence-corrected chi connectivity index (χ0v) is 40.9. The Labute approximate surface area is 380 Å². The summed E-state index contributed by atoms with van der Waals surface area (Å²) >= 11 is 0. The van der Waals surface area contributed by atoms with Crippen LogP contribution in [0.5, 0.6) is 0 Å². The van der Waals surface area contributed by atoms with Crippen LogP contribution in [0, 0.1) is 0 Å². The quantitative estimate of drug-likeness (QED) is 0.0322. The molecule has 0 spiro atoms. The number of hydrogen-bond donors (Lipinski definition) is 3. The number of aliphatic hydroxyl groups is 2. The minimum atomic E-state index is -0.844. The lowest BCUT2D eigenvalue weighted by Crippen LogP contribution is -2.45. The molecule has 2 unspecified atom stereocenters. The van der Waals surface area contributed by atoms with Crippen molar-refractivity contribution < 1.29 is 24.5 Å². The van der Waals surface area contributed by atoms with Crippen molar-refractivity contribution in [1.29, 1.82) is 0 Å². The SMILES string of the molecule is CCCCCCCCC/C=C\CCCCCCCC(=O)OCCCCCCCCCCCCCCCCCCCCCC(=O)NC(CO)C(O)/C=C/CCCCCCCCC. The number of rotatable bonds is 50. The van der Waals surface area contributed by atoms with Crippen LogP contribution in [0.15, 0.2) is 24.3 Å². The lowest BCUT2D eigenvalue weighted by molar-refractivity contribution is -0.143. The summed E-state index contributed by atoms with van der Waals surface area (Å²) in [6.45, 7) is 4.87. The Bertz CT molecular complexity index is 951. The van der Waals surface area contributed by atoms with Crippen LogP contribution in [-0.2, 0) is 14.3 Å². The molecule has 360 valence electrons. The molecule has 6 nitrogen and oxygen atoms in total. The van der Waals surface area contributed by atoms with Gasteiger partial charge in [0.05, 0.1) is 25.4 Å². The van der Waals surface area contributed by atoms with Gasteiger partial charge in [0.1, 0.15) is 0 Å². The molecule has 0 saturated heterocycles. The number of allylic oxidation sites excluding steroid dienone is 3. The van der Waals surface area contributed by atoms with Gasteiger partial charge in [-0.15, -0.1) is 0 Å². The van der Waals surface area contributed by atoms with Crippen molar-refractivity contribution in [3.63, 3.8) is 0 Å². The Morgan fingerprint density at radius 3 is 1.16 bits per heavy atom. The average molecular weight is 860 g/mol. The highest BCUT2D eigenvalue weighted by Crippen LogP contribution is 2.16. The number of hydrogen-bond acceptors (Lipinski definition) is 5. The number of nitrogens with one attached hydrogen (secondary N) is 1. The van der Waals surface area contributed by atoms with Crippen molar-refractivity contribution in [2.24, 2.45) is 0 Å². The molecule has 0 aromatic rings. The minimum absolute atomic E-state index is 0.000528. The lowest BCUT2D eigenvalue weighted by atomic mass is 10.0. The number of unbranched alkanes of at least 4 members (excludes halogenated alkanes) is 37. The average Bonchev–Trinajstić information content (AvgIpc) is 3.26. The third-order valence-corrected chi connectivity index (χ3v) is 12.5. The summed E-state index contributed by atoms with van der Waals surface area (Å²) in [5.41, 5.74) is 0. The first-order valence-corrected chi connectivity index (χ1v) is 27.1. The number of carbonyl (C=O) groups excluding carboxylic acids is 2. The van der Waals surface area contributed by atoms with Crippen LogP contribution in [-0.4, -0.2) is 47.4 Å². The van der Waals surface area contributed by atoms with Gasteiger partial charge in [-0.2, -0.15) is 0 Å². The van der Waals surface area contributed by atoms with Gasteiger partial charge in [-0.1, -0.05) is 244 Å². The van der Waals surface area contributed by atoms with Gasteiger partial charge in [0.2, 0.25) is 5.91 Å². The lowest BCUT2D eigenvalue weighted by Gasteiger charge is -2.20. The second-order valence-corrected chi connectivity index (χ2v) is 18.6. The summed E-state index contributed by atoms with van der Waals surface area (Å²) in [6, 6.07) is -0.627. The first kappa shape index (κ1) is 59.3. The van der Waals surface area contributed by atoms with E-state index < -0.39 is 12.1 Å². The summed E-state index contributed by atoms with van der Waals surface area (Å²) in [4.78, 5) is 24.4.